The molecule has 0 spiro atoms. The van der Waals surface area contributed by atoms with Crippen LogP contribution in [0.25, 0.3) is 0 Å². The summed E-state index contributed by atoms with van der Waals surface area (Å²) < 4.78 is 29.0. The molecule has 0 unspecified atom stereocenters. The molecule has 0 radical (unpaired) electrons. The maximum Gasteiger partial charge on any atom is 0.237 e. The van der Waals surface area contributed by atoms with Gasteiger partial charge in [0.25, 0.3) is 0 Å². The van der Waals surface area contributed by atoms with Gasteiger partial charge in [0.1, 0.15) is 11.5 Å². The third-order valence-corrected chi connectivity index (χ3v) is 5.38. The molecule has 1 amide bonds. The van der Waals surface area contributed by atoms with Gasteiger partial charge in [-0.2, -0.15) is 0 Å². The van der Waals surface area contributed by atoms with E-state index in [1.54, 1.807) is 25.1 Å². The lowest BCUT2D eigenvalue weighted by Crippen LogP contribution is -2.32. The van der Waals surface area contributed by atoms with Crippen molar-refractivity contribution in [2.45, 2.75) is 19.2 Å². The van der Waals surface area contributed by atoms with Crippen molar-refractivity contribution >= 4 is 38.9 Å². The van der Waals surface area contributed by atoms with Gasteiger partial charge in [-0.25, -0.2) is 8.42 Å². The largest absolute Gasteiger partial charge is 0.361 e. The van der Waals surface area contributed by atoms with Crippen molar-refractivity contribution in [2.75, 3.05) is 12.8 Å². The lowest BCUT2D eigenvalue weighted by Gasteiger charge is -2.17. The van der Waals surface area contributed by atoms with Crippen LogP contribution >= 0.6 is 23.2 Å². The molecule has 0 saturated carbocycles. The standard InChI is InChI=1S/C15H16Cl2N2O4S/c1-10-5-12(18-23-10)8-24(21,22)9-15(20)19(2)7-11-3-4-13(16)14(17)6-11/h3-6H,7-9H2,1-2H3. The number of hydrogen-bond acceptors (Lipinski definition) is 5. The van der Waals surface area contributed by atoms with Crippen LogP contribution in [-0.2, 0) is 26.9 Å². The summed E-state index contributed by atoms with van der Waals surface area (Å²) in [7, 11) is -2.11. The minimum Gasteiger partial charge on any atom is -0.361 e. The number of aryl methyl sites for hydroxylation is 1. The van der Waals surface area contributed by atoms with Gasteiger partial charge in [0.05, 0.1) is 21.5 Å². The average Bonchev–Trinajstić information content (AvgIpc) is 2.86. The highest BCUT2D eigenvalue weighted by Gasteiger charge is 2.22. The molecule has 1 heterocycles. The molecule has 1 aromatic heterocycles. The van der Waals surface area contributed by atoms with Crippen molar-refractivity contribution in [1.82, 2.24) is 10.1 Å². The van der Waals surface area contributed by atoms with Gasteiger partial charge < -0.3 is 9.42 Å². The number of carbonyl (C=O) groups is 1. The normalized spacial score (nSPS) is 11.5. The second-order valence-electron chi connectivity index (χ2n) is 5.46. The van der Waals surface area contributed by atoms with E-state index in [0.717, 1.165) is 5.56 Å². The third-order valence-electron chi connectivity index (χ3n) is 3.22. The SMILES string of the molecule is Cc1cc(CS(=O)(=O)CC(=O)N(C)Cc2ccc(Cl)c(Cl)c2)no1. The van der Waals surface area contributed by atoms with E-state index < -0.39 is 21.5 Å². The van der Waals surface area contributed by atoms with Crippen LogP contribution in [0.2, 0.25) is 10.0 Å². The number of rotatable bonds is 6. The fourth-order valence-corrected chi connectivity index (χ4v) is 3.67. The van der Waals surface area contributed by atoms with E-state index in [1.807, 2.05) is 0 Å². The zero-order chi connectivity index (χ0) is 17.9. The number of hydrogen-bond donors (Lipinski definition) is 0. The fourth-order valence-electron chi connectivity index (χ4n) is 2.06. The van der Waals surface area contributed by atoms with Crippen LogP contribution in [0.4, 0.5) is 0 Å². The monoisotopic (exact) mass is 390 g/mol. The molecule has 9 heteroatoms. The Bertz CT molecular complexity index is 849. The number of amides is 1. The molecule has 0 saturated heterocycles. The minimum absolute atomic E-state index is 0.230. The second-order valence-corrected chi connectivity index (χ2v) is 8.34. The lowest BCUT2D eigenvalue weighted by atomic mass is 10.2. The quantitative estimate of drug-likeness (QED) is 0.757. The first-order valence-electron chi connectivity index (χ1n) is 6.97. The first kappa shape index (κ1) is 18.8. The molecular formula is C15H16Cl2N2O4S. The summed E-state index contributed by atoms with van der Waals surface area (Å²) in [5, 5.41) is 4.43. The Balaban J connectivity index is 1.98. The summed E-state index contributed by atoms with van der Waals surface area (Å²) in [5.74, 6) is -0.933. The Labute approximate surface area is 150 Å². The first-order valence-corrected chi connectivity index (χ1v) is 9.54. The van der Waals surface area contributed by atoms with Crippen LogP contribution < -0.4 is 0 Å². The first-order chi connectivity index (χ1) is 11.2. The van der Waals surface area contributed by atoms with E-state index in [-0.39, 0.29) is 18.0 Å². The number of sulfone groups is 1. The molecule has 0 fully saturated rings. The van der Waals surface area contributed by atoms with Gasteiger partial charge in [0.2, 0.25) is 5.91 Å². The van der Waals surface area contributed by atoms with Gasteiger partial charge >= 0.3 is 0 Å². The lowest BCUT2D eigenvalue weighted by molar-refractivity contribution is -0.127. The number of carbonyl (C=O) groups excluding carboxylic acids is 1. The molecule has 0 aliphatic carbocycles. The van der Waals surface area contributed by atoms with E-state index in [1.165, 1.54) is 18.0 Å². The van der Waals surface area contributed by atoms with Gasteiger partial charge in [0.15, 0.2) is 9.84 Å². The maximum atomic E-state index is 12.2. The Kier molecular flexibility index (Phi) is 5.90. The van der Waals surface area contributed by atoms with Gasteiger partial charge in [-0.15, -0.1) is 0 Å². The van der Waals surface area contributed by atoms with Crippen molar-refractivity contribution in [3.63, 3.8) is 0 Å². The van der Waals surface area contributed by atoms with Crippen molar-refractivity contribution in [2.24, 2.45) is 0 Å². The van der Waals surface area contributed by atoms with E-state index in [0.29, 0.717) is 15.8 Å². The molecule has 0 bridgehead atoms. The van der Waals surface area contributed by atoms with Crippen molar-refractivity contribution in [3.05, 3.63) is 51.3 Å². The topological polar surface area (TPSA) is 80.5 Å². The van der Waals surface area contributed by atoms with Crippen LogP contribution in [0.1, 0.15) is 17.0 Å². The smallest absolute Gasteiger partial charge is 0.237 e. The number of benzene rings is 1. The zero-order valence-electron chi connectivity index (χ0n) is 13.1. The maximum absolute atomic E-state index is 12.2. The van der Waals surface area contributed by atoms with Gasteiger partial charge in [-0.3, -0.25) is 4.79 Å². The second kappa shape index (κ2) is 7.55. The molecule has 2 aromatic rings. The number of halogens is 2. The van der Waals surface area contributed by atoms with E-state index in [2.05, 4.69) is 5.16 Å². The Morgan fingerprint density at radius 3 is 2.54 bits per heavy atom. The molecule has 130 valence electrons. The molecule has 0 atom stereocenters. The van der Waals surface area contributed by atoms with Gasteiger partial charge in [-0.05, 0) is 24.6 Å². The molecule has 0 aliphatic heterocycles. The summed E-state index contributed by atoms with van der Waals surface area (Å²) >= 11 is 11.8. The van der Waals surface area contributed by atoms with Gasteiger partial charge in [0, 0.05) is 19.7 Å². The summed E-state index contributed by atoms with van der Waals surface area (Å²) in [5.41, 5.74) is 1.04. The summed E-state index contributed by atoms with van der Waals surface area (Å²) in [6.07, 6.45) is 0. The Morgan fingerprint density at radius 1 is 1.25 bits per heavy atom. The fraction of sp³-hybridized carbons (Fsp3) is 0.333. The number of aromatic nitrogens is 1. The summed E-state index contributed by atoms with van der Waals surface area (Å²) in [4.78, 5) is 13.5. The third kappa shape index (κ3) is 5.22. The molecule has 24 heavy (non-hydrogen) atoms. The van der Waals surface area contributed by atoms with E-state index >= 15 is 0 Å². The summed E-state index contributed by atoms with van der Waals surface area (Å²) in [6, 6.07) is 6.52. The van der Waals surface area contributed by atoms with Crippen LogP contribution in [0.3, 0.4) is 0 Å². The van der Waals surface area contributed by atoms with Crippen LogP contribution in [0.5, 0.6) is 0 Å². The Hall–Kier alpha value is -1.57. The minimum atomic E-state index is -3.63. The van der Waals surface area contributed by atoms with Crippen LogP contribution in [-0.4, -0.2) is 37.2 Å². The molecule has 0 aliphatic rings. The molecule has 0 N–H and O–H groups in total. The van der Waals surface area contributed by atoms with Crippen molar-refractivity contribution in [3.8, 4) is 0 Å². The van der Waals surface area contributed by atoms with Gasteiger partial charge in [-0.1, -0.05) is 34.4 Å². The highest BCUT2D eigenvalue weighted by molar-refractivity contribution is 7.91. The van der Waals surface area contributed by atoms with E-state index in [4.69, 9.17) is 27.7 Å². The van der Waals surface area contributed by atoms with Crippen molar-refractivity contribution in [1.29, 1.82) is 0 Å². The molecular weight excluding hydrogens is 375 g/mol. The molecule has 6 nitrogen and oxygen atoms in total. The zero-order valence-corrected chi connectivity index (χ0v) is 15.5. The van der Waals surface area contributed by atoms with E-state index in [9.17, 15) is 13.2 Å². The van der Waals surface area contributed by atoms with Crippen LogP contribution in [0, 0.1) is 6.92 Å². The Morgan fingerprint density at radius 2 is 1.96 bits per heavy atom. The summed E-state index contributed by atoms with van der Waals surface area (Å²) in [6.45, 7) is 1.90. The molecule has 1 aromatic carbocycles. The number of nitrogens with zero attached hydrogens (tertiary/aromatic N) is 2. The highest BCUT2D eigenvalue weighted by atomic mass is 35.5. The average molecular weight is 391 g/mol. The van der Waals surface area contributed by atoms with Crippen LogP contribution in [0.15, 0.2) is 28.8 Å². The molecule has 2 rings (SSSR count). The highest BCUT2D eigenvalue weighted by Crippen LogP contribution is 2.23. The van der Waals surface area contributed by atoms with Crippen molar-refractivity contribution < 1.29 is 17.7 Å². The predicted octanol–water partition coefficient (Wildman–Crippen LogP) is 2.86. The predicted molar refractivity (Wildman–Crippen MR) is 91.7 cm³/mol.